The van der Waals surface area contributed by atoms with E-state index in [1.807, 2.05) is 11.0 Å². The first-order valence-corrected chi connectivity index (χ1v) is 10.5. The van der Waals surface area contributed by atoms with Crippen molar-refractivity contribution in [2.45, 2.75) is 30.3 Å². The van der Waals surface area contributed by atoms with Gasteiger partial charge in [0.05, 0.1) is 16.2 Å². The van der Waals surface area contributed by atoms with Crippen LogP contribution < -0.4 is 4.90 Å². The summed E-state index contributed by atoms with van der Waals surface area (Å²) in [7, 11) is -3.84. The summed E-state index contributed by atoms with van der Waals surface area (Å²) >= 11 is 0. The molecule has 0 saturated carbocycles. The number of hydrogen-bond acceptors (Lipinski definition) is 5. The first-order chi connectivity index (χ1) is 13.2. The van der Waals surface area contributed by atoms with Gasteiger partial charge in [0, 0.05) is 26.2 Å². The number of anilines is 1. The molecule has 1 saturated heterocycles. The summed E-state index contributed by atoms with van der Waals surface area (Å²) in [5.74, 6) is 0.743. The normalized spacial score (nSPS) is 18.3. The van der Waals surface area contributed by atoms with Gasteiger partial charge in [-0.2, -0.15) is 22.6 Å². The third kappa shape index (κ3) is 3.58. The van der Waals surface area contributed by atoms with Crippen molar-refractivity contribution >= 4 is 15.8 Å². The average molecular weight is 412 g/mol. The Balaban J connectivity index is 1.45. The van der Waals surface area contributed by atoms with E-state index in [-0.39, 0.29) is 18.0 Å². The number of sulfonamides is 1. The van der Waals surface area contributed by atoms with Crippen molar-refractivity contribution in [3.8, 4) is 0 Å². The first-order valence-electron chi connectivity index (χ1n) is 9.03. The third-order valence-electron chi connectivity index (χ3n) is 5.19. The van der Waals surface area contributed by atoms with Crippen molar-refractivity contribution in [1.29, 1.82) is 0 Å². The van der Waals surface area contributed by atoms with Crippen molar-refractivity contribution < 1.29 is 21.6 Å². The number of hydrogen-bond donors (Lipinski definition) is 0. The van der Waals surface area contributed by atoms with Gasteiger partial charge >= 0.3 is 6.18 Å². The molecule has 10 heteroatoms. The lowest BCUT2D eigenvalue weighted by Crippen LogP contribution is -2.49. The molecule has 1 fully saturated rings. The van der Waals surface area contributed by atoms with Crippen LogP contribution in [0.4, 0.5) is 19.0 Å². The summed E-state index contributed by atoms with van der Waals surface area (Å²) in [6.07, 6.45) is -1.49. The molecule has 0 atom stereocenters. The molecule has 150 valence electrons. The summed E-state index contributed by atoms with van der Waals surface area (Å²) in [6.45, 7) is 1.38. The molecule has 0 bridgehead atoms. The molecular formula is C18H19F3N4O2S. The number of aromatic nitrogens is 2. The van der Waals surface area contributed by atoms with Crippen LogP contribution in [0.15, 0.2) is 35.2 Å². The van der Waals surface area contributed by atoms with E-state index in [2.05, 4.69) is 10.2 Å². The molecule has 4 rings (SSSR count). The highest BCUT2D eigenvalue weighted by Gasteiger charge is 2.33. The van der Waals surface area contributed by atoms with Crippen molar-refractivity contribution in [3.63, 3.8) is 0 Å². The van der Waals surface area contributed by atoms with Crippen molar-refractivity contribution in [3.05, 3.63) is 47.2 Å². The zero-order chi connectivity index (χ0) is 19.9. The van der Waals surface area contributed by atoms with Gasteiger partial charge in [0.15, 0.2) is 5.82 Å². The molecule has 2 aliphatic rings. The van der Waals surface area contributed by atoms with E-state index < -0.39 is 21.8 Å². The number of alkyl halides is 3. The molecule has 0 radical (unpaired) electrons. The van der Waals surface area contributed by atoms with Gasteiger partial charge in [-0.25, -0.2) is 8.42 Å². The number of piperazine rings is 1. The maximum absolute atomic E-state index is 12.7. The predicted octanol–water partition coefficient (Wildman–Crippen LogP) is 2.50. The van der Waals surface area contributed by atoms with Crippen molar-refractivity contribution in [2.24, 2.45) is 0 Å². The second kappa shape index (κ2) is 7.00. The van der Waals surface area contributed by atoms with E-state index in [0.717, 1.165) is 55.0 Å². The van der Waals surface area contributed by atoms with E-state index in [4.69, 9.17) is 0 Å². The van der Waals surface area contributed by atoms with Gasteiger partial charge < -0.3 is 4.90 Å². The fourth-order valence-corrected chi connectivity index (χ4v) is 5.02. The van der Waals surface area contributed by atoms with Gasteiger partial charge in [0.2, 0.25) is 10.0 Å². The summed E-state index contributed by atoms with van der Waals surface area (Å²) < 4.78 is 64.8. The quantitative estimate of drug-likeness (QED) is 0.775. The number of rotatable bonds is 3. The van der Waals surface area contributed by atoms with Gasteiger partial charge in [-0.1, -0.05) is 0 Å². The molecule has 28 heavy (non-hydrogen) atoms. The largest absolute Gasteiger partial charge is 0.416 e. The summed E-state index contributed by atoms with van der Waals surface area (Å²) in [5.41, 5.74) is 1.36. The highest BCUT2D eigenvalue weighted by Crippen LogP contribution is 2.30. The number of benzene rings is 1. The molecule has 0 spiro atoms. The lowest BCUT2D eigenvalue weighted by Gasteiger charge is -2.34. The Morgan fingerprint density at radius 1 is 0.929 bits per heavy atom. The second-order valence-electron chi connectivity index (χ2n) is 6.94. The van der Waals surface area contributed by atoms with Crippen LogP contribution in [0.1, 0.15) is 23.2 Å². The fourth-order valence-electron chi connectivity index (χ4n) is 3.59. The number of halogens is 3. The second-order valence-corrected chi connectivity index (χ2v) is 8.88. The van der Waals surface area contributed by atoms with Gasteiger partial charge in [0.1, 0.15) is 0 Å². The van der Waals surface area contributed by atoms with Crippen LogP contribution in [0.3, 0.4) is 0 Å². The smallest absolute Gasteiger partial charge is 0.352 e. The number of nitrogens with zero attached hydrogens (tertiary/aromatic N) is 4. The zero-order valence-electron chi connectivity index (χ0n) is 15.0. The summed E-state index contributed by atoms with van der Waals surface area (Å²) in [5, 5.41) is 8.52. The van der Waals surface area contributed by atoms with E-state index in [0.29, 0.717) is 13.1 Å². The molecule has 1 aromatic heterocycles. The van der Waals surface area contributed by atoms with E-state index in [1.165, 1.54) is 9.87 Å². The van der Waals surface area contributed by atoms with Crippen molar-refractivity contribution in [1.82, 2.24) is 14.5 Å². The monoisotopic (exact) mass is 412 g/mol. The number of fused-ring (bicyclic) bond motifs is 1. The molecular weight excluding hydrogens is 393 g/mol. The van der Waals surface area contributed by atoms with Crippen molar-refractivity contribution in [2.75, 3.05) is 31.1 Å². The molecule has 1 aliphatic carbocycles. The molecule has 0 amide bonds. The van der Waals surface area contributed by atoms with Crippen LogP contribution >= 0.6 is 0 Å². The van der Waals surface area contributed by atoms with E-state index in [1.54, 1.807) is 0 Å². The van der Waals surface area contributed by atoms with Crippen LogP contribution in [0.5, 0.6) is 0 Å². The Morgan fingerprint density at radius 2 is 1.61 bits per heavy atom. The first kappa shape index (κ1) is 19.1. The van der Waals surface area contributed by atoms with Crippen LogP contribution in [-0.2, 0) is 29.0 Å². The molecule has 1 aliphatic heterocycles. The molecule has 0 unspecified atom stereocenters. The Kier molecular flexibility index (Phi) is 4.78. The Labute approximate surface area is 161 Å². The predicted molar refractivity (Wildman–Crippen MR) is 96.5 cm³/mol. The highest BCUT2D eigenvalue weighted by atomic mass is 32.2. The minimum Gasteiger partial charge on any atom is -0.352 e. The molecule has 0 N–H and O–H groups in total. The Bertz CT molecular complexity index is 969. The maximum atomic E-state index is 12.7. The van der Waals surface area contributed by atoms with Gasteiger partial charge in [0.25, 0.3) is 0 Å². The minimum absolute atomic E-state index is 0.133. The highest BCUT2D eigenvalue weighted by molar-refractivity contribution is 7.89. The van der Waals surface area contributed by atoms with E-state index in [9.17, 15) is 21.6 Å². The number of aryl methyl sites for hydroxylation is 2. The van der Waals surface area contributed by atoms with Crippen LogP contribution in [0.25, 0.3) is 0 Å². The molecule has 6 nitrogen and oxygen atoms in total. The van der Waals surface area contributed by atoms with E-state index >= 15 is 0 Å². The Hall–Kier alpha value is -2.20. The average Bonchev–Trinajstić information content (AvgIpc) is 3.15. The summed E-state index contributed by atoms with van der Waals surface area (Å²) in [4.78, 5) is 1.86. The van der Waals surface area contributed by atoms with Crippen LogP contribution in [0, 0.1) is 0 Å². The lowest BCUT2D eigenvalue weighted by atomic mass is 10.2. The Morgan fingerprint density at radius 3 is 2.25 bits per heavy atom. The topological polar surface area (TPSA) is 66.4 Å². The maximum Gasteiger partial charge on any atom is 0.416 e. The van der Waals surface area contributed by atoms with Gasteiger partial charge in [-0.3, -0.25) is 0 Å². The molecule has 1 aromatic carbocycles. The fraction of sp³-hybridized carbons (Fsp3) is 0.444. The lowest BCUT2D eigenvalue weighted by molar-refractivity contribution is -0.137. The summed E-state index contributed by atoms with van der Waals surface area (Å²) in [6, 6.07) is 5.63. The van der Waals surface area contributed by atoms with Gasteiger partial charge in [-0.15, -0.1) is 5.10 Å². The van der Waals surface area contributed by atoms with Crippen LogP contribution in [0.2, 0.25) is 0 Å². The molecule has 2 aromatic rings. The van der Waals surface area contributed by atoms with Crippen LogP contribution in [-0.4, -0.2) is 49.1 Å². The molecule has 2 heterocycles. The standard InChI is InChI=1S/C18H19F3N4O2S/c19-18(20,21)14-4-6-15(7-5-14)28(26,27)25-10-8-24(9-11-25)17-12-13-2-1-3-16(13)22-23-17/h4-7,12H,1-3,8-11H2. The SMILES string of the molecule is O=S(=O)(c1ccc(C(F)(F)F)cc1)N1CCN(c2cc3c(nn2)CCC3)CC1. The minimum atomic E-state index is -4.50. The zero-order valence-corrected chi connectivity index (χ0v) is 15.8. The third-order valence-corrected chi connectivity index (χ3v) is 7.10. The van der Waals surface area contributed by atoms with Gasteiger partial charge in [-0.05, 0) is 55.2 Å².